The lowest BCUT2D eigenvalue weighted by molar-refractivity contribution is 0.293. The summed E-state index contributed by atoms with van der Waals surface area (Å²) < 4.78 is 6.57. The molecule has 1 N–H and O–H groups in total. The SMILES string of the molecule is BrCCNCCCCCCCCOc1ccc(Br)cn1. The highest BCUT2D eigenvalue weighted by Gasteiger charge is 1.96. The van der Waals surface area contributed by atoms with Gasteiger partial charge < -0.3 is 10.1 Å². The van der Waals surface area contributed by atoms with Crippen LogP contribution in [0.5, 0.6) is 5.88 Å². The van der Waals surface area contributed by atoms with E-state index in [0.717, 1.165) is 35.9 Å². The van der Waals surface area contributed by atoms with Crippen molar-refractivity contribution >= 4 is 31.9 Å². The maximum Gasteiger partial charge on any atom is 0.213 e. The number of alkyl halides is 1. The first-order valence-electron chi connectivity index (χ1n) is 7.34. The zero-order valence-electron chi connectivity index (χ0n) is 11.9. The summed E-state index contributed by atoms with van der Waals surface area (Å²) in [5.41, 5.74) is 0. The van der Waals surface area contributed by atoms with Crippen molar-refractivity contribution < 1.29 is 4.74 Å². The van der Waals surface area contributed by atoms with Crippen LogP contribution in [-0.4, -0.2) is 30.0 Å². The van der Waals surface area contributed by atoms with E-state index in [1.54, 1.807) is 6.20 Å². The summed E-state index contributed by atoms with van der Waals surface area (Å²) in [7, 11) is 0. The molecule has 0 saturated carbocycles. The van der Waals surface area contributed by atoms with Crippen molar-refractivity contribution in [1.82, 2.24) is 10.3 Å². The first-order chi connectivity index (χ1) is 9.83. The van der Waals surface area contributed by atoms with Crippen LogP contribution in [0.3, 0.4) is 0 Å². The molecule has 0 aliphatic rings. The third kappa shape index (κ3) is 9.72. The Balaban J connectivity index is 1.84. The van der Waals surface area contributed by atoms with Gasteiger partial charge in [-0.05, 0) is 41.4 Å². The number of nitrogens with zero attached hydrogens (tertiary/aromatic N) is 1. The average molecular weight is 408 g/mol. The molecule has 1 rings (SSSR count). The van der Waals surface area contributed by atoms with Gasteiger partial charge in [0.15, 0.2) is 0 Å². The van der Waals surface area contributed by atoms with Crippen LogP contribution in [-0.2, 0) is 0 Å². The van der Waals surface area contributed by atoms with Crippen molar-refractivity contribution in [2.75, 3.05) is 25.0 Å². The molecule has 0 amide bonds. The van der Waals surface area contributed by atoms with Gasteiger partial charge in [-0.25, -0.2) is 4.98 Å². The Morgan fingerprint density at radius 3 is 2.45 bits per heavy atom. The Morgan fingerprint density at radius 2 is 1.75 bits per heavy atom. The average Bonchev–Trinajstić information content (AvgIpc) is 2.47. The summed E-state index contributed by atoms with van der Waals surface area (Å²) in [6.07, 6.45) is 9.35. The van der Waals surface area contributed by atoms with Crippen LogP contribution < -0.4 is 10.1 Å². The van der Waals surface area contributed by atoms with Crippen LogP contribution in [0, 0.1) is 0 Å². The largest absolute Gasteiger partial charge is 0.478 e. The molecule has 0 saturated heterocycles. The Bertz CT molecular complexity index is 333. The number of hydrogen-bond donors (Lipinski definition) is 1. The zero-order valence-corrected chi connectivity index (χ0v) is 15.1. The Hall–Kier alpha value is -0.130. The maximum atomic E-state index is 5.59. The predicted octanol–water partition coefficient (Wildman–Crippen LogP) is 4.55. The van der Waals surface area contributed by atoms with Gasteiger partial charge in [0.25, 0.3) is 0 Å². The maximum absolute atomic E-state index is 5.59. The van der Waals surface area contributed by atoms with E-state index in [4.69, 9.17) is 4.74 Å². The molecule has 0 unspecified atom stereocenters. The quantitative estimate of drug-likeness (QED) is 0.407. The van der Waals surface area contributed by atoms with E-state index in [0.29, 0.717) is 5.88 Å². The molecule has 5 heteroatoms. The van der Waals surface area contributed by atoms with Crippen molar-refractivity contribution in [3.8, 4) is 5.88 Å². The van der Waals surface area contributed by atoms with Gasteiger partial charge in [-0.2, -0.15) is 0 Å². The van der Waals surface area contributed by atoms with E-state index in [9.17, 15) is 0 Å². The molecule has 0 aliphatic carbocycles. The molecule has 0 fully saturated rings. The molecule has 3 nitrogen and oxygen atoms in total. The van der Waals surface area contributed by atoms with E-state index in [2.05, 4.69) is 42.2 Å². The smallest absolute Gasteiger partial charge is 0.213 e. The van der Waals surface area contributed by atoms with Crippen molar-refractivity contribution in [3.63, 3.8) is 0 Å². The molecule has 20 heavy (non-hydrogen) atoms. The van der Waals surface area contributed by atoms with E-state index in [-0.39, 0.29) is 0 Å². The highest BCUT2D eigenvalue weighted by Crippen LogP contribution is 2.13. The Morgan fingerprint density at radius 1 is 1.00 bits per heavy atom. The Kier molecular flexibility index (Phi) is 11.3. The highest BCUT2D eigenvalue weighted by atomic mass is 79.9. The van der Waals surface area contributed by atoms with Crippen LogP contribution in [0.2, 0.25) is 0 Å². The lowest BCUT2D eigenvalue weighted by atomic mass is 10.1. The molecular formula is C15H24Br2N2O. The third-order valence-corrected chi connectivity index (χ3v) is 3.83. The van der Waals surface area contributed by atoms with Gasteiger partial charge in [-0.3, -0.25) is 0 Å². The molecule has 0 radical (unpaired) electrons. The van der Waals surface area contributed by atoms with Gasteiger partial charge in [0, 0.05) is 28.6 Å². The van der Waals surface area contributed by atoms with Gasteiger partial charge >= 0.3 is 0 Å². The minimum atomic E-state index is 0.714. The van der Waals surface area contributed by atoms with Crippen LogP contribution in [0.1, 0.15) is 38.5 Å². The number of pyridine rings is 1. The van der Waals surface area contributed by atoms with Gasteiger partial charge in [0.1, 0.15) is 0 Å². The topological polar surface area (TPSA) is 34.1 Å². The molecule has 0 bridgehead atoms. The van der Waals surface area contributed by atoms with E-state index in [1.807, 2.05) is 12.1 Å². The van der Waals surface area contributed by atoms with Gasteiger partial charge in [0.05, 0.1) is 6.61 Å². The molecule has 1 aromatic heterocycles. The van der Waals surface area contributed by atoms with Gasteiger partial charge in [-0.1, -0.05) is 41.6 Å². The molecule has 0 aromatic carbocycles. The number of ether oxygens (including phenoxy) is 1. The number of aromatic nitrogens is 1. The lowest BCUT2D eigenvalue weighted by Gasteiger charge is -2.05. The zero-order chi connectivity index (χ0) is 14.5. The van der Waals surface area contributed by atoms with Crippen LogP contribution >= 0.6 is 31.9 Å². The van der Waals surface area contributed by atoms with E-state index >= 15 is 0 Å². The van der Waals surface area contributed by atoms with Crippen LogP contribution in [0.4, 0.5) is 0 Å². The lowest BCUT2D eigenvalue weighted by Crippen LogP contribution is -2.17. The molecule has 114 valence electrons. The number of hydrogen-bond acceptors (Lipinski definition) is 3. The Labute approximate surface area is 139 Å². The number of halogens is 2. The van der Waals surface area contributed by atoms with Gasteiger partial charge in [-0.15, -0.1) is 0 Å². The highest BCUT2D eigenvalue weighted by molar-refractivity contribution is 9.10. The van der Waals surface area contributed by atoms with Crippen molar-refractivity contribution in [2.45, 2.75) is 38.5 Å². The van der Waals surface area contributed by atoms with Crippen molar-refractivity contribution in [2.24, 2.45) is 0 Å². The summed E-state index contributed by atoms with van der Waals surface area (Å²) in [6.45, 7) is 2.98. The second kappa shape index (κ2) is 12.6. The molecule has 1 aromatic rings. The second-order valence-electron chi connectivity index (χ2n) is 4.72. The number of rotatable bonds is 12. The summed E-state index contributed by atoms with van der Waals surface area (Å²) in [5, 5.41) is 4.43. The van der Waals surface area contributed by atoms with Crippen LogP contribution in [0.25, 0.3) is 0 Å². The fraction of sp³-hybridized carbons (Fsp3) is 0.667. The standard InChI is InChI=1S/C15H24Br2N2O/c16-9-11-18-10-5-3-1-2-4-6-12-20-15-8-7-14(17)13-19-15/h7-8,13,18H,1-6,9-12H2. The minimum Gasteiger partial charge on any atom is -0.478 e. The fourth-order valence-electron chi connectivity index (χ4n) is 1.88. The van der Waals surface area contributed by atoms with E-state index < -0.39 is 0 Å². The molecule has 0 aliphatic heterocycles. The first-order valence-corrected chi connectivity index (χ1v) is 9.25. The van der Waals surface area contributed by atoms with E-state index in [1.165, 1.54) is 32.1 Å². The fourth-order valence-corrected chi connectivity index (χ4v) is 2.39. The minimum absolute atomic E-state index is 0.714. The number of nitrogens with one attached hydrogen (secondary N) is 1. The first kappa shape index (κ1) is 17.9. The van der Waals surface area contributed by atoms with Crippen molar-refractivity contribution in [3.05, 3.63) is 22.8 Å². The van der Waals surface area contributed by atoms with Crippen LogP contribution in [0.15, 0.2) is 22.8 Å². The third-order valence-electron chi connectivity index (χ3n) is 2.97. The summed E-state index contributed by atoms with van der Waals surface area (Å²) in [4.78, 5) is 4.18. The summed E-state index contributed by atoms with van der Waals surface area (Å²) >= 11 is 6.76. The number of unbranched alkanes of at least 4 members (excludes halogenated alkanes) is 5. The molecule has 0 atom stereocenters. The summed E-state index contributed by atoms with van der Waals surface area (Å²) in [6, 6.07) is 3.84. The molecule has 0 spiro atoms. The normalized spacial score (nSPS) is 10.7. The predicted molar refractivity (Wildman–Crippen MR) is 91.8 cm³/mol. The molecular weight excluding hydrogens is 384 g/mol. The van der Waals surface area contributed by atoms with Gasteiger partial charge in [0.2, 0.25) is 5.88 Å². The van der Waals surface area contributed by atoms with Crippen molar-refractivity contribution in [1.29, 1.82) is 0 Å². The monoisotopic (exact) mass is 406 g/mol. The summed E-state index contributed by atoms with van der Waals surface area (Å²) in [5.74, 6) is 0.714. The molecule has 1 heterocycles. The second-order valence-corrected chi connectivity index (χ2v) is 6.43.